The second-order valence-electron chi connectivity index (χ2n) is 9.44. The topological polar surface area (TPSA) is 88.2 Å². The number of aromatic nitrogens is 1. The first-order valence-corrected chi connectivity index (χ1v) is 10.9. The molecule has 2 aliphatic heterocycles. The third-order valence-corrected chi connectivity index (χ3v) is 6.38. The zero-order chi connectivity index (χ0) is 22.3. The van der Waals surface area contributed by atoms with E-state index in [4.69, 9.17) is 9.36 Å². The zero-order valence-electron chi connectivity index (χ0n) is 18.8. The molecule has 1 aromatic carbocycles. The van der Waals surface area contributed by atoms with Gasteiger partial charge in [-0.1, -0.05) is 54.0 Å². The molecule has 1 fully saturated rings. The third kappa shape index (κ3) is 4.11. The van der Waals surface area contributed by atoms with Crippen LogP contribution in [-0.2, 0) is 15.2 Å². The summed E-state index contributed by atoms with van der Waals surface area (Å²) in [5, 5.41) is 18.8. The quantitative estimate of drug-likeness (QED) is 0.789. The number of aliphatic hydroxyl groups is 1. The van der Waals surface area contributed by atoms with E-state index in [2.05, 4.69) is 34.6 Å². The van der Waals surface area contributed by atoms with Crippen molar-refractivity contribution in [3.05, 3.63) is 52.9 Å². The SMILES string of the molecule is Cc1ccc([C@@]2(C)CC([C@@H]3C[C@@H](O)CN3C(=O)[C@H](c3cc(C)no3)C(C)C)=NO2)cc1. The summed E-state index contributed by atoms with van der Waals surface area (Å²) >= 11 is 0. The van der Waals surface area contributed by atoms with Crippen molar-refractivity contribution in [3.8, 4) is 0 Å². The van der Waals surface area contributed by atoms with E-state index in [9.17, 15) is 9.90 Å². The zero-order valence-corrected chi connectivity index (χ0v) is 18.8. The molecule has 0 aliphatic carbocycles. The van der Waals surface area contributed by atoms with Crippen molar-refractivity contribution in [2.75, 3.05) is 6.54 Å². The predicted molar refractivity (Wildman–Crippen MR) is 117 cm³/mol. The van der Waals surface area contributed by atoms with Crippen LogP contribution >= 0.6 is 0 Å². The van der Waals surface area contributed by atoms with Crippen LogP contribution in [0.4, 0.5) is 0 Å². The molecule has 0 bridgehead atoms. The van der Waals surface area contributed by atoms with Crippen LogP contribution in [0.2, 0.25) is 0 Å². The number of hydrogen-bond acceptors (Lipinski definition) is 6. The minimum Gasteiger partial charge on any atom is -0.391 e. The van der Waals surface area contributed by atoms with Gasteiger partial charge in [0.25, 0.3) is 0 Å². The van der Waals surface area contributed by atoms with Crippen molar-refractivity contribution in [1.29, 1.82) is 0 Å². The van der Waals surface area contributed by atoms with Crippen molar-refractivity contribution >= 4 is 11.6 Å². The maximum Gasteiger partial charge on any atom is 0.234 e. The normalized spacial score (nSPS) is 26.8. The van der Waals surface area contributed by atoms with Crippen molar-refractivity contribution in [1.82, 2.24) is 10.1 Å². The number of carbonyl (C=O) groups is 1. The first kappa shape index (κ1) is 21.6. The molecular weight excluding hydrogens is 394 g/mol. The van der Waals surface area contributed by atoms with Crippen LogP contribution in [0.1, 0.15) is 62.1 Å². The molecule has 7 heteroatoms. The van der Waals surface area contributed by atoms with E-state index in [0.29, 0.717) is 18.6 Å². The summed E-state index contributed by atoms with van der Waals surface area (Å²) in [6.07, 6.45) is 0.440. The fraction of sp³-hybridized carbons (Fsp3) is 0.542. The highest BCUT2D eigenvalue weighted by atomic mass is 16.7. The Kier molecular flexibility index (Phi) is 5.64. The van der Waals surface area contributed by atoms with E-state index < -0.39 is 17.6 Å². The molecule has 0 radical (unpaired) electrons. The van der Waals surface area contributed by atoms with Gasteiger partial charge in [0.05, 0.1) is 23.6 Å². The maximum atomic E-state index is 13.6. The maximum absolute atomic E-state index is 13.6. The summed E-state index contributed by atoms with van der Waals surface area (Å²) in [5.41, 5.74) is 3.19. The van der Waals surface area contributed by atoms with Gasteiger partial charge in [0.1, 0.15) is 11.7 Å². The number of rotatable bonds is 5. The van der Waals surface area contributed by atoms with Gasteiger partial charge in [0.15, 0.2) is 5.60 Å². The Bertz CT molecular complexity index is 981. The Morgan fingerprint density at radius 1 is 1.26 bits per heavy atom. The molecule has 4 atom stereocenters. The first-order valence-electron chi connectivity index (χ1n) is 10.9. The number of β-amino-alcohol motifs (C(OH)–C–C–N with tert-alkyl or cyclic N) is 1. The Morgan fingerprint density at radius 2 is 1.97 bits per heavy atom. The minimum absolute atomic E-state index is 0.0258. The molecule has 0 saturated carbocycles. The summed E-state index contributed by atoms with van der Waals surface area (Å²) in [5.74, 6) is 0.0596. The minimum atomic E-state index is -0.591. The molecule has 31 heavy (non-hydrogen) atoms. The van der Waals surface area contributed by atoms with Crippen LogP contribution in [-0.4, -0.2) is 45.5 Å². The van der Waals surface area contributed by atoms with Crippen LogP contribution in [0.3, 0.4) is 0 Å². The number of amides is 1. The molecule has 1 aromatic heterocycles. The average Bonchev–Trinajstić information content (AvgIpc) is 3.41. The van der Waals surface area contributed by atoms with Crippen LogP contribution in [0.5, 0.6) is 0 Å². The molecule has 2 aromatic rings. The highest BCUT2D eigenvalue weighted by molar-refractivity contribution is 5.96. The fourth-order valence-corrected chi connectivity index (χ4v) is 4.63. The average molecular weight is 426 g/mol. The second-order valence-corrected chi connectivity index (χ2v) is 9.44. The molecule has 1 saturated heterocycles. The largest absolute Gasteiger partial charge is 0.391 e. The summed E-state index contributed by atoms with van der Waals surface area (Å²) in [4.78, 5) is 21.2. The molecule has 166 valence electrons. The lowest BCUT2D eigenvalue weighted by atomic mass is 9.87. The van der Waals surface area contributed by atoms with Gasteiger partial charge in [0.2, 0.25) is 5.91 Å². The molecule has 3 heterocycles. The molecule has 0 spiro atoms. The van der Waals surface area contributed by atoms with E-state index >= 15 is 0 Å². The lowest BCUT2D eigenvalue weighted by Gasteiger charge is -2.29. The van der Waals surface area contributed by atoms with E-state index in [0.717, 1.165) is 17.0 Å². The summed E-state index contributed by atoms with van der Waals surface area (Å²) in [6, 6.07) is 9.75. The highest BCUT2D eigenvalue weighted by Crippen LogP contribution is 2.39. The fourth-order valence-electron chi connectivity index (χ4n) is 4.63. The summed E-state index contributed by atoms with van der Waals surface area (Å²) < 4.78 is 5.44. The van der Waals surface area contributed by atoms with E-state index in [1.165, 1.54) is 5.56 Å². The highest BCUT2D eigenvalue weighted by Gasteiger charge is 2.46. The van der Waals surface area contributed by atoms with Gasteiger partial charge in [-0.15, -0.1) is 0 Å². The third-order valence-electron chi connectivity index (χ3n) is 6.38. The monoisotopic (exact) mass is 425 g/mol. The molecule has 7 nitrogen and oxygen atoms in total. The Hall–Kier alpha value is -2.67. The smallest absolute Gasteiger partial charge is 0.234 e. The molecule has 1 amide bonds. The number of aliphatic hydroxyl groups excluding tert-OH is 1. The number of nitrogens with zero attached hydrogens (tertiary/aromatic N) is 3. The second kappa shape index (κ2) is 8.11. The Morgan fingerprint density at radius 3 is 2.58 bits per heavy atom. The van der Waals surface area contributed by atoms with Crippen LogP contribution < -0.4 is 0 Å². The first-order chi connectivity index (χ1) is 14.7. The molecular formula is C24H31N3O4. The number of oxime groups is 1. The predicted octanol–water partition coefficient (Wildman–Crippen LogP) is 3.68. The molecule has 2 aliphatic rings. The van der Waals surface area contributed by atoms with Crippen LogP contribution in [0.25, 0.3) is 0 Å². The van der Waals surface area contributed by atoms with Gasteiger partial charge < -0.3 is 19.4 Å². The Balaban J connectivity index is 1.57. The lowest BCUT2D eigenvalue weighted by molar-refractivity contribution is -0.134. The van der Waals surface area contributed by atoms with Gasteiger partial charge in [-0.25, -0.2) is 0 Å². The summed E-state index contributed by atoms with van der Waals surface area (Å²) in [6.45, 7) is 10.2. The number of likely N-dealkylation sites (tertiary alicyclic amines) is 1. The van der Waals surface area contributed by atoms with Crippen LogP contribution in [0.15, 0.2) is 40.0 Å². The van der Waals surface area contributed by atoms with Gasteiger partial charge in [0, 0.05) is 25.5 Å². The number of aryl methyl sites for hydroxylation is 2. The van der Waals surface area contributed by atoms with Crippen LogP contribution in [0, 0.1) is 19.8 Å². The Labute approximate surface area is 183 Å². The standard InChI is InChI=1S/C24H31N3O4/c1-14(2)22(21-10-16(4)25-30-21)23(29)27-13-18(28)11-20(27)19-12-24(5,31-26-19)17-8-6-15(3)7-9-17/h6-10,14,18,20,22,28H,11-13H2,1-5H3/t18-,20+,22+,24-/m1/s1. The van der Waals surface area contributed by atoms with E-state index in [1.807, 2.05) is 40.7 Å². The van der Waals surface area contributed by atoms with E-state index in [-0.39, 0.29) is 24.4 Å². The molecule has 0 unspecified atom stereocenters. The van der Waals surface area contributed by atoms with Crippen molar-refractivity contribution in [2.24, 2.45) is 11.1 Å². The summed E-state index contributed by atoms with van der Waals surface area (Å²) in [7, 11) is 0. The van der Waals surface area contributed by atoms with Crippen molar-refractivity contribution < 1.29 is 19.3 Å². The van der Waals surface area contributed by atoms with E-state index in [1.54, 1.807) is 4.90 Å². The molecule has 1 N–H and O–H groups in total. The van der Waals surface area contributed by atoms with Gasteiger partial charge in [-0.3, -0.25) is 4.79 Å². The van der Waals surface area contributed by atoms with Gasteiger partial charge in [-0.05, 0) is 32.3 Å². The number of hydrogen-bond donors (Lipinski definition) is 1. The van der Waals surface area contributed by atoms with Gasteiger partial charge in [-0.2, -0.15) is 0 Å². The molecule has 4 rings (SSSR count). The number of benzene rings is 1. The van der Waals surface area contributed by atoms with Crippen molar-refractivity contribution in [2.45, 2.75) is 71.1 Å². The van der Waals surface area contributed by atoms with Gasteiger partial charge >= 0.3 is 0 Å². The number of carbonyl (C=O) groups excluding carboxylic acids is 1. The van der Waals surface area contributed by atoms with Crippen molar-refractivity contribution in [3.63, 3.8) is 0 Å². The lowest BCUT2D eigenvalue weighted by Crippen LogP contribution is -2.44.